The van der Waals surface area contributed by atoms with Crippen LogP contribution in [0.4, 0.5) is 0 Å². The molecule has 0 aliphatic heterocycles. The lowest BCUT2D eigenvalue weighted by molar-refractivity contribution is 0.256. The summed E-state index contributed by atoms with van der Waals surface area (Å²) in [6.45, 7) is 9.18. The van der Waals surface area contributed by atoms with Crippen molar-refractivity contribution < 1.29 is 0 Å². The van der Waals surface area contributed by atoms with E-state index in [0.29, 0.717) is 5.41 Å². The van der Waals surface area contributed by atoms with Gasteiger partial charge in [-0.25, -0.2) is 0 Å². The van der Waals surface area contributed by atoms with Gasteiger partial charge in [0.2, 0.25) is 0 Å². The first-order chi connectivity index (χ1) is 3.98. The second-order valence-electron chi connectivity index (χ2n) is 3.74. The van der Waals surface area contributed by atoms with Crippen LogP contribution in [0.15, 0.2) is 0 Å². The van der Waals surface area contributed by atoms with Crippen LogP contribution in [0.25, 0.3) is 0 Å². The van der Waals surface area contributed by atoms with Crippen LogP contribution in [-0.2, 0) is 0 Å². The Kier molecular flexibility index (Phi) is 3.79. The highest BCUT2D eigenvalue weighted by atomic mass is 79.9. The Labute approximate surface area is 67.2 Å². The molecule has 1 unspecified atom stereocenters. The molecule has 0 amide bonds. The Morgan fingerprint density at radius 2 is 1.78 bits per heavy atom. The first-order valence-corrected chi connectivity index (χ1v) is 4.66. The molecule has 0 fully saturated rings. The van der Waals surface area contributed by atoms with Gasteiger partial charge >= 0.3 is 0 Å². The molecule has 0 aromatic heterocycles. The Morgan fingerprint density at radius 1 is 1.33 bits per heavy atom. The fourth-order valence-corrected chi connectivity index (χ4v) is 1.28. The summed E-state index contributed by atoms with van der Waals surface area (Å²) in [4.78, 5) is 0. The fraction of sp³-hybridized carbons (Fsp3) is 1.00. The summed E-state index contributed by atoms with van der Waals surface area (Å²) < 4.78 is 0. The predicted octanol–water partition coefficient (Wildman–Crippen LogP) is 3.45. The summed E-state index contributed by atoms with van der Waals surface area (Å²) in [5.74, 6) is 0.817. The largest absolute Gasteiger partial charge is 0.0928 e. The van der Waals surface area contributed by atoms with Gasteiger partial charge in [-0.1, -0.05) is 43.6 Å². The molecule has 0 spiro atoms. The highest BCUT2D eigenvalue weighted by Crippen LogP contribution is 2.28. The smallest absolute Gasteiger partial charge is 0.00340 e. The molecule has 1 atom stereocenters. The molecule has 0 aliphatic rings. The van der Waals surface area contributed by atoms with E-state index in [0.717, 1.165) is 11.2 Å². The molecule has 9 heavy (non-hydrogen) atoms. The molecule has 0 saturated heterocycles. The van der Waals surface area contributed by atoms with Crippen molar-refractivity contribution >= 4 is 15.9 Å². The van der Waals surface area contributed by atoms with Gasteiger partial charge in [-0.3, -0.25) is 0 Å². The summed E-state index contributed by atoms with van der Waals surface area (Å²) in [6.07, 6.45) is 1.28. The zero-order chi connectivity index (χ0) is 7.49. The summed E-state index contributed by atoms with van der Waals surface area (Å²) in [6, 6.07) is 0. The second-order valence-corrected chi connectivity index (χ2v) is 4.54. The maximum atomic E-state index is 3.44. The molecule has 0 nitrogen and oxygen atoms in total. The molecule has 56 valence electrons. The van der Waals surface area contributed by atoms with Crippen molar-refractivity contribution in [2.45, 2.75) is 34.1 Å². The normalized spacial score (nSPS) is 15.7. The molecule has 0 heterocycles. The Morgan fingerprint density at radius 3 is 1.89 bits per heavy atom. The molecule has 0 aliphatic carbocycles. The molecule has 0 radical (unpaired) electrons. The first kappa shape index (κ1) is 9.48. The fourth-order valence-electron chi connectivity index (χ4n) is 0.597. The number of hydrogen-bond donors (Lipinski definition) is 0. The molecule has 1 heteroatoms. The average molecular weight is 193 g/mol. The topological polar surface area (TPSA) is 0 Å². The highest BCUT2D eigenvalue weighted by molar-refractivity contribution is 9.09. The van der Waals surface area contributed by atoms with E-state index in [1.807, 2.05) is 0 Å². The zero-order valence-electron chi connectivity index (χ0n) is 6.87. The van der Waals surface area contributed by atoms with Crippen molar-refractivity contribution in [3.63, 3.8) is 0 Å². The lowest BCUT2D eigenvalue weighted by Gasteiger charge is -2.26. The quantitative estimate of drug-likeness (QED) is 0.589. The third kappa shape index (κ3) is 3.96. The molecular weight excluding hydrogens is 176 g/mol. The average Bonchev–Trinajstić information content (AvgIpc) is 1.64. The van der Waals surface area contributed by atoms with Crippen molar-refractivity contribution in [2.75, 3.05) is 5.33 Å². The van der Waals surface area contributed by atoms with Gasteiger partial charge in [-0.2, -0.15) is 0 Å². The Bertz CT molecular complexity index is 71.1. The van der Waals surface area contributed by atoms with E-state index in [9.17, 15) is 0 Å². The third-order valence-electron chi connectivity index (χ3n) is 2.02. The van der Waals surface area contributed by atoms with Gasteiger partial charge in [0, 0.05) is 5.33 Å². The van der Waals surface area contributed by atoms with E-state index in [1.54, 1.807) is 0 Å². The zero-order valence-corrected chi connectivity index (χ0v) is 8.46. The van der Waals surface area contributed by atoms with Crippen LogP contribution in [0.1, 0.15) is 34.1 Å². The van der Waals surface area contributed by atoms with Gasteiger partial charge in [0.1, 0.15) is 0 Å². The van der Waals surface area contributed by atoms with E-state index in [4.69, 9.17) is 0 Å². The van der Waals surface area contributed by atoms with Crippen LogP contribution in [0.3, 0.4) is 0 Å². The van der Waals surface area contributed by atoms with Gasteiger partial charge in [-0.05, 0) is 17.8 Å². The minimum absolute atomic E-state index is 0.480. The van der Waals surface area contributed by atoms with Crippen molar-refractivity contribution in [3.05, 3.63) is 0 Å². The van der Waals surface area contributed by atoms with Gasteiger partial charge in [0.15, 0.2) is 0 Å². The summed E-state index contributed by atoms with van der Waals surface area (Å²) in [5, 5.41) is 1.13. The number of hydrogen-bond acceptors (Lipinski definition) is 0. The lowest BCUT2D eigenvalue weighted by Crippen LogP contribution is -2.17. The first-order valence-electron chi connectivity index (χ1n) is 3.54. The van der Waals surface area contributed by atoms with Crippen molar-refractivity contribution in [3.8, 4) is 0 Å². The summed E-state index contributed by atoms with van der Waals surface area (Å²) in [5.41, 5.74) is 0.480. The van der Waals surface area contributed by atoms with E-state index in [1.165, 1.54) is 6.42 Å². The van der Waals surface area contributed by atoms with Crippen LogP contribution >= 0.6 is 15.9 Å². The van der Waals surface area contributed by atoms with Crippen molar-refractivity contribution in [1.82, 2.24) is 0 Å². The maximum Gasteiger partial charge on any atom is 0.00340 e. The number of alkyl halides is 1. The summed E-state index contributed by atoms with van der Waals surface area (Å²) in [7, 11) is 0. The van der Waals surface area contributed by atoms with Gasteiger partial charge in [0.25, 0.3) is 0 Å². The molecule has 0 N–H and O–H groups in total. The molecule has 0 aromatic rings. The van der Waals surface area contributed by atoms with E-state index in [-0.39, 0.29) is 0 Å². The van der Waals surface area contributed by atoms with Crippen LogP contribution in [0, 0.1) is 11.3 Å². The van der Waals surface area contributed by atoms with Gasteiger partial charge in [-0.15, -0.1) is 0 Å². The minimum Gasteiger partial charge on any atom is -0.0928 e. The Hall–Kier alpha value is 0.480. The molecule has 0 rings (SSSR count). The van der Waals surface area contributed by atoms with Crippen molar-refractivity contribution in [2.24, 2.45) is 11.3 Å². The van der Waals surface area contributed by atoms with Gasteiger partial charge < -0.3 is 0 Å². The molecular formula is C8H17Br. The van der Waals surface area contributed by atoms with Crippen LogP contribution in [0.5, 0.6) is 0 Å². The maximum absolute atomic E-state index is 3.44. The number of rotatable bonds is 2. The van der Waals surface area contributed by atoms with E-state index >= 15 is 0 Å². The van der Waals surface area contributed by atoms with E-state index in [2.05, 4.69) is 43.6 Å². The summed E-state index contributed by atoms with van der Waals surface area (Å²) >= 11 is 3.44. The SMILES string of the molecule is CC(CCBr)C(C)(C)C. The minimum atomic E-state index is 0.480. The van der Waals surface area contributed by atoms with Crippen LogP contribution in [0.2, 0.25) is 0 Å². The Balaban J connectivity index is 3.59. The third-order valence-corrected chi connectivity index (χ3v) is 2.48. The van der Waals surface area contributed by atoms with Crippen LogP contribution in [-0.4, -0.2) is 5.33 Å². The van der Waals surface area contributed by atoms with E-state index < -0.39 is 0 Å². The molecule has 0 saturated carbocycles. The standard InChI is InChI=1S/C8H17Br/c1-7(5-6-9)8(2,3)4/h7H,5-6H2,1-4H3. The monoisotopic (exact) mass is 192 g/mol. The second kappa shape index (κ2) is 3.60. The lowest BCUT2D eigenvalue weighted by atomic mass is 9.81. The van der Waals surface area contributed by atoms with Crippen LogP contribution < -0.4 is 0 Å². The van der Waals surface area contributed by atoms with Gasteiger partial charge in [0.05, 0.1) is 0 Å². The number of halogens is 1. The molecule has 0 bridgehead atoms. The predicted molar refractivity (Wildman–Crippen MR) is 47.0 cm³/mol. The molecule has 0 aromatic carbocycles. The highest BCUT2D eigenvalue weighted by Gasteiger charge is 2.18. The van der Waals surface area contributed by atoms with Crippen molar-refractivity contribution in [1.29, 1.82) is 0 Å².